The zero-order chi connectivity index (χ0) is 15.9. The summed E-state index contributed by atoms with van der Waals surface area (Å²) < 4.78 is 2.05. The van der Waals surface area contributed by atoms with Crippen molar-refractivity contribution in [3.63, 3.8) is 0 Å². The molecule has 6 heteroatoms. The lowest BCUT2D eigenvalue weighted by Gasteiger charge is -2.15. The Bertz CT molecular complexity index is 654. The summed E-state index contributed by atoms with van der Waals surface area (Å²) in [5.41, 5.74) is 2.60. The van der Waals surface area contributed by atoms with Gasteiger partial charge in [0.15, 0.2) is 10.9 Å². The number of nitrogens with zero attached hydrogens (tertiary/aromatic N) is 3. The molecule has 1 aliphatic carbocycles. The number of fused-ring (bicyclic) bond motifs is 1. The maximum absolute atomic E-state index is 4.64. The fourth-order valence-electron chi connectivity index (χ4n) is 2.83. The molecule has 0 saturated heterocycles. The van der Waals surface area contributed by atoms with E-state index in [1.54, 1.807) is 16.9 Å². The molecule has 0 fully saturated rings. The van der Waals surface area contributed by atoms with Crippen molar-refractivity contribution in [3.05, 3.63) is 35.1 Å². The predicted molar refractivity (Wildman–Crippen MR) is 97.1 cm³/mol. The number of imidazole rings is 1. The lowest BCUT2D eigenvalue weighted by atomic mass is 9.97. The van der Waals surface area contributed by atoms with Gasteiger partial charge in [-0.3, -0.25) is 4.40 Å². The molecule has 0 atom stereocenters. The van der Waals surface area contributed by atoms with Gasteiger partial charge in [0.25, 0.3) is 0 Å². The number of aromatic nitrogens is 2. The second-order valence-corrected chi connectivity index (χ2v) is 6.68. The van der Waals surface area contributed by atoms with Crippen LogP contribution in [0.15, 0.2) is 34.4 Å². The van der Waals surface area contributed by atoms with Gasteiger partial charge in [0.2, 0.25) is 0 Å². The van der Waals surface area contributed by atoms with Gasteiger partial charge >= 0.3 is 0 Å². The zero-order valence-corrected chi connectivity index (χ0v) is 14.5. The summed E-state index contributed by atoms with van der Waals surface area (Å²) in [4.78, 5) is 10.2. The summed E-state index contributed by atoms with van der Waals surface area (Å²) in [6.45, 7) is 4.50. The molecule has 2 aromatic rings. The Labute approximate surface area is 141 Å². The van der Waals surface area contributed by atoms with Crippen molar-refractivity contribution >= 4 is 22.3 Å². The van der Waals surface area contributed by atoms with Crippen LogP contribution in [0.25, 0.3) is 4.96 Å². The molecule has 0 unspecified atom stereocenters. The van der Waals surface area contributed by atoms with Crippen LogP contribution < -0.4 is 10.6 Å². The Morgan fingerprint density at radius 1 is 1.39 bits per heavy atom. The Kier molecular flexibility index (Phi) is 5.69. The molecule has 124 valence electrons. The summed E-state index contributed by atoms with van der Waals surface area (Å²) >= 11 is 1.65. The van der Waals surface area contributed by atoms with Gasteiger partial charge in [-0.25, -0.2) is 9.98 Å². The van der Waals surface area contributed by atoms with Crippen LogP contribution in [-0.4, -0.2) is 28.4 Å². The molecule has 0 bridgehead atoms. The zero-order valence-electron chi connectivity index (χ0n) is 13.7. The van der Waals surface area contributed by atoms with Crippen molar-refractivity contribution in [3.8, 4) is 0 Å². The third-order valence-electron chi connectivity index (χ3n) is 4.01. The van der Waals surface area contributed by atoms with E-state index in [0.717, 1.165) is 36.1 Å². The van der Waals surface area contributed by atoms with Crippen LogP contribution in [0.1, 0.15) is 44.7 Å². The van der Waals surface area contributed by atoms with E-state index in [1.807, 2.05) is 22.2 Å². The Morgan fingerprint density at radius 2 is 2.35 bits per heavy atom. The average Bonchev–Trinajstić information content (AvgIpc) is 3.15. The third-order valence-corrected chi connectivity index (χ3v) is 4.78. The second-order valence-electron chi connectivity index (χ2n) is 5.81. The first-order chi connectivity index (χ1) is 11.3. The van der Waals surface area contributed by atoms with Gasteiger partial charge in [-0.1, -0.05) is 11.6 Å². The molecular formula is C17H25N5S. The summed E-state index contributed by atoms with van der Waals surface area (Å²) in [5, 5.41) is 8.78. The number of aliphatic imine (C=N–C) groups is 1. The topological polar surface area (TPSA) is 53.7 Å². The number of rotatable bonds is 6. The van der Waals surface area contributed by atoms with E-state index in [2.05, 4.69) is 33.6 Å². The summed E-state index contributed by atoms with van der Waals surface area (Å²) in [6.07, 6.45) is 12.8. The minimum atomic E-state index is 0.604. The van der Waals surface area contributed by atoms with E-state index in [4.69, 9.17) is 0 Å². The van der Waals surface area contributed by atoms with Gasteiger partial charge in [-0.2, -0.15) is 0 Å². The molecule has 0 radical (unpaired) electrons. The van der Waals surface area contributed by atoms with Crippen LogP contribution >= 0.6 is 11.3 Å². The fourth-order valence-corrected chi connectivity index (χ4v) is 3.55. The quantitative estimate of drug-likeness (QED) is 0.485. The Morgan fingerprint density at radius 3 is 3.13 bits per heavy atom. The normalized spacial score (nSPS) is 15.7. The van der Waals surface area contributed by atoms with Crippen LogP contribution in [0.3, 0.4) is 0 Å². The van der Waals surface area contributed by atoms with Gasteiger partial charge in [0.05, 0.1) is 12.2 Å². The number of hydrogen-bond donors (Lipinski definition) is 2. The molecule has 2 aromatic heterocycles. The first kappa shape index (κ1) is 16.1. The first-order valence-corrected chi connectivity index (χ1v) is 9.34. The molecule has 5 nitrogen and oxygen atoms in total. The molecule has 23 heavy (non-hydrogen) atoms. The molecule has 0 amide bonds. The van der Waals surface area contributed by atoms with Gasteiger partial charge in [0.1, 0.15) is 0 Å². The largest absolute Gasteiger partial charge is 0.357 e. The summed E-state index contributed by atoms with van der Waals surface area (Å²) in [7, 11) is 0. The molecule has 2 heterocycles. The summed E-state index contributed by atoms with van der Waals surface area (Å²) in [6, 6.07) is 0. The lowest BCUT2D eigenvalue weighted by molar-refractivity contribution is 0.665. The highest BCUT2D eigenvalue weighted by atomic mass is 32.1. The SMILES string of the molecule is CCNC(=NCc1cn2ccsc2n1)NCCC1=CCCCC1. The van der Waals surface area contributed by atoms with E-state index in [0.29, 0.717) is 6.54 Å². The van der Waals surface area contributed by atoms with E-state index in [9.17, 15) is 0 Å². The van der Waals surface area contributed by atoms with Crippen LogP contribution in [0.5, 0.6) is 0 Å². The number of thiazole rings is 1. The molecule has 0 aromatic carbocycles. The predicted octanol–water partition coefficient (Wildman–Crippen LogP) is 3.34. The number of hydrogen-bond acceptors (Lipinski definition) is 3. The standard InChI is InChI=1S/C17H25N5S/c1-2-18-16(19-9-8-14-6-4-3-5-7-14)20-12-15-13-22-10-11-23-17(22)21-15/h6,10-11,13H,2-5,7-9,12H2,1H3,(H2,18,19,20). The van der Waals surface area contributed by atoms with Crippen LogP contribution in [0.2, 0.25) is 0 Å². The second kappa shape index (κ2) is 8.15. The molecule has 0 aliphatic heterocycles. The van der Waals surface area contributed by atoms with Crippen LogP contribution in [0, 0.1) is 0 Å². The minimum absolute atomic E-state index is 0.604. The van der Waals surface area contributed by atoms with Gasteiger partial charge < -0.3 is 10.6 Å². The number of guanidine groups is 1. The Balaban J connectivity index is 1.52. The smallest absolute Gasteiger partial charge is 0.193 e. The van der Waals surface area contributed by atoms with E-state index >= 15 is 0 Å². The van der Waals surface area contributed by atoms with Crippen LogP contribution in [0.4, 0.5) is 0 Å². The highest BCUT2D eigenvalue weighted by Crippen LogP contribution is 2.19. The van der Waals surface area contributed by atoms with E-state index < -0.39 is 0 Å². The van der Waals surface area contributed by atoms with Crippen molar-refractivity contribution in [2.45, 2.75) is 45.6 Å². The highest BCUT2D eigenvalue weighted by Gasteiger charge is 2.05. The van der Waals surface area contributed by atoms with Crippen molar-refractivity contribution in [1.82, 2.24) is 20.0 Å². The summed E-state index contributed by atoms with van der Waals surface area (Å²) in [5.74, 6) is 0.875. The van der Waals surface area contributed by atoms with Gasteiger partial charge in [-0.05, 0) is 39.0 Å². The fraction of sp³-hybridized carbons (Fsp3) is 0.529. The molecule has 0 spiro atoms. The molecule has 2 N–H and O–H groups in total. The number of allylic oxidation sites excluding steroid dienone is 1. The average molecular weight is 331 g/mol. The first-order valence-electron chi connectivity index (χ1n) is 8.46. The molecule has 0 saturated carbocycles. The van der Waals surface area contributed by atoms with Crippen LogP contribution in [-0.2, 0) is 6.54 Å². The van der Waals surface area contributed by atoms with Gasteiger partial charge in [-0.15, -0.1) is 11.3 Å². The monoisotopic (exact) mass is 331 g/mol. The van der Waals surface area contributed by atoms with Gasteiger partial charge in [0, 0.05) is 30.9 Å². The maximum Gasteiger partial charge on any atom is 0.193 e. The molecular weight excluding hydrogens is 306 g/mol. The highest BCUT2D eigenvalue weighted by molar-refractivity contribution is 7.15. The third kappa shape index (κ3) is 4.58. The minimum Gasteiger partial charge on any atom is -0.357 e. The lowest BCUT2D eigenvalue weighted by Crippen LogP contribution is -2.37. The van der Waals surface area contributed by atoms with Crippen molar-refractivity contribution < 1.29 is 0 Å². The van der Waals surface area contributed by atoms with E-state index in [1.165, 1.54) is 25.7 Å². The van der Waals surface area contributed by atoms with Crippen molar-refractivity contribution in [2.24, 2.45) is 4.99 Å². The molecule has 1 aliphatic rings. The van der Waals surface area contributed by atoms with Crippen molar-refractivity contribution in [2.75, 3.05) is 13.1 Å². The Hall–Kier alpha value is -1.82. The maximum atomic E-state index is 4.64. The number of nitrogens with one attached hydrogen (secondary N) is 2. The molecule has 3 rings (SSSR count). The van der Waals surface area contributed by atoms with E-state index in [-0.39, 0.29) is 0 Å². The van der Waals surface area contributed by atoms with Crippen molar-refractivity contribution in [1.29, 1.82) is 0 Å².